The SMILES string of the molecule is O=C(NCc1ccc(N2CCCCC2)cc1)[C@H]1CC(c2ccccc2Cl)=NO1. The molecule has 2 heterocycles. The number of hydrogen-bond acceptors (Lipinski definition) is 4. The summed E-state index contributed by atoms with van der Waals surface area (Å²) in [6.07, 6.45) is 3.66. The Morgan fingerprint density at radius 1 is 1.11 bits per heavy atom. The zero-order chi connectivity index (χ0) is 19.3. The molecule has 2 aromatic rings. The van der Waals surface area contributed by atoms with Crippen molar-refractivity contribution >= 4 is 28.9 Å². The molecule has 1 saturated heterocycles. The number of nitrogens with one attached hydrogen (secondary N) is 1. The highest BCUT2D eigenvalue weighted by molar-refractivity contribution is 6.34. The lowest BCUT2D eigenvalue weighted by Gasteiger charge is -2.28. The van der Waals surface area contributed by atoms with E-state index in [9.17, 15) is 4.79 Å². The van der Waals surface area contributed by atoms with Crippen molar-refractivity contribution in [1.82, 2.24) is 5.32 Å². The van der Waals surface area contributed by atoms with Crippen molar-refractivity contribution in [3.63, 3.8) is 0 Å². The number of oxime groups is 1. The number of nitrogens with zero attached hydrogens (tertiary/aromatic N) is 2. The number of hydrogen-bond donors (Lipinski definition) is 1. The molecule has 1 N–H and O–H groups in total. The number of halogens is 1. The fourth-order valence-corrected chi connectivity index (χ4v) is 3.90. The van der Waals surface area contributed by atoms with Gasteiger partial charge < -0.3 is 15.1 Å². The molecule has 2 aliphatic rings. The van der Waals surface area contributed by atoms with Crippen molar-refractivity contribution in [2.45, 2.75) is 38.3 Å². The third-order valence-electron chi connectivity index (χ3n) is 5.27. The average Bonchev–Trinajstić information content (AvgIpc) is 3.23. The number of carbonyl (C=O) groups excluding carboxylic acids is 1. The Labute approximate surface area is 170 Å². The van der Waals surface area contributed by atoms with Crippen LogP contribution in [-0.2, 0) is 16.2 Å². The third kappa shape index (κ3) is 4.30. The Bertz CT molecular complexity index is 860. The predicted octanol–water partition coefficient (Wildman–Crippen LogP) is 4.14. The quantitative estimate of drug-likeness (QED) is 0.824. The maximum absolute atomic E-state index is 12.4. The molecule has 0 unspecified atom stereocenters. The van der Waals surface area contributed by atoms with E-state index in [2.05, 4.69) is 39.6 Å². The third-order valence-corrected chi connectivity index (χ3v) is 5.60. The molecule has 2 aliphatic heterocycles. The summed E-state index contributed by atoms with van der Waals surface area (Å²) in [6.45, 7) is 2.73. The van der Waals surface area contributed by atoms with E-state index in [4.69, 9.17) is 16.4 Å². The maximum Gasteiger partial charge on any atom is 0.264 e. The average molecular weight is 398 g/mol. The first-order valence-electron chi connectivity index (χ1n) is 9.80. The van der Waals surface area contributed by atoms with Crippen LogP contribution in [0, 0.1) is 0 Å². The minimum absolute atomic E-state index is 0.161. The molecule has 0 radical (unpaired) electrons. The van der Waals surface area contributed by atoms with Gasteiger partial charge in [-0.1, -0.05) is 47.1 Å². The second-order valence-electron chi connectivity index (χ2n) is 7.25. The molecule has 0 aliphatic carbocycles. The fraction of sp³-hybridized carbons (Fsp3) is 0.364. The number of rotatable bonds is 5. The summed E-state index contributed by atoms with van der Waals surface area (Å²) in [6, 6.07) is 15.9. The zero-order valence-corrected chi connectivity index (χ0v) is 16.5. The maximum atomic E-state index is 12.4. The number of carbonyl (C=O) groups is 1. The monoisotopic (exact) mass is 397 g/mol. The molecule has 0 bridgehead atoms. The highest BCUT2D eigenvalue weighted by atomic mass is 35.5. The van der Waals surface area contributed by atoms with Crippen molar-refractivity contribution < 1.29 is 9.63 Å². The molecule has 146 valence electrons. The van der Waals surface area contributed by atoms with Crippen LogP contribution in [0.1, 0.15) is 36.8 Å². The highest BCUT2D eigenvalue weighted by Crippen LogP contribution is 2.23. The molecular formula is C22H24ClN3O2. The summed E-state index contributed by atoms with van der Waals surface area (Å²) in [5.41, 5.74) is 3.84. The van der Waals surface area contributed by atoms with Crippen LogP contribution >= 0.6 is 11.6 Å². The zero-order valence-electron chi connectivity index (χ0n) is 15.7. The summed E-state index contributed by atoms with van der Waals surface area (Å²) in [5, 5.41) is 7.61. The van der Waals surface area contributed by atoms with Gasteiger partial charge in [0.05, 0.1) is 5.71 Å². The van der Waals surface area contributed by atoms with E-state index in [-0.39, 0.29) is 5.91 Å². The number of benzene rings is 2. The second kappa shape index (κ2) is 8.65. The van der Waals surface area contributed by atoms with Crippen LogP contribution in [0.15, 0.2) is 53.7 Å². The van der Waals surface area contributed by atoms with Crippen LogP contribution in [0.3, 0.4) is 0 Å². The van der Waals surface area contributed by atoms with E-state index >= 15 is 0 Å². The molecule has 1 atom stereocenters. The van der Waals surface area contributed by atoms with Gasteiger partial charge in [-0.25, -0.2) is 0 Å². The van der Waals surface area contributed by atoms with Gasteiger partial charge >= 0.3 is 0 Å². The van der Waals surface area contributed by atoms with E-state index < -0.39 is 6.10 Å². The van der Waals surface area contributed by atoms with Crippen molar-refractivity contribution in [1.29, 1.82) is 0 Å². The molecule has 2 aromatic carbocycles. The summed E-state index contributed by atoms with van der Waals surface area (Å²) in [7, 11) is 0. The largest absolute Gasteiger partial charge is 0.382 e. The Kier molecular flexibility index (Phi) is 5.81. The molecule has 0 spiro atoms. The first-order valence-corrected chi connectivity index (χ1v) is 10.2. The minimum atomic E-state index is -0.612. The molecule has 1 amide bonds. The standard InChI is InChI=1S/C22H24ClN3O2/c23-19-7-3-2-6-18(19)20-14-21(28-25-20)22(27)24-15-16-8-10-17(11-9-16)26-12-4-1-5-13-26/h2-3,6-11,21H,1,4-5,12-15H2,(H,24,27)/t21-/m1/s1. The summed E-state index contributed by atoms with van der Waals surface area (Å²) in [4.78, 5) is 20.2. The Balaban J connectivity index is 1.28. The van der Waals surface area contributed by atoms with Crippen LogP contribution in [0.5, 0.6) is 0 Å². The van der Waals surface area contributed by atoms with E-state index in [0.717, 1.165) is 24.2 Å². The molecule has 6 heteroatoms. The lowest BCUT2D eigenvalue weighted by Crippen LogP contribution is -2.34. The normalized spacial score (nSPS) is 19.1. The topological polar surface area (TPSA) is 53.9 Å². The number of piperidine rings is 1. The molecule has 1 fully saturated rings. The Morgan fingerprint density at radius 2 is 1.86 bits per heavy atom. The van der Waals surface area contributed by atoms with Gasteiger partial charge in [0, 0.05) is 42.3 Å². The van der Waals surface area contributed by atoms with Crippen LogP contribution < -0.4 is 10.2 Å². The molecule has 4 rings (SSSR count). The van der Waals surface area contributed by atoms with Gasteiger partial charge in [0.25, 0.3) is 5.91 Å². The van der Waals surface area contributed by atoms with Crippen LogP contribution in [-0.4, -0.2) is 30.8 Å². The summed E-state index contributed by atoms with van der Waals surface area (Å²) in [5.74, 6) is -0.161. The number of anilines is 1. The Hall–Kier alpha value is -2.53. The first-order chi connectivity index (χ1) is 13.7. The summed E-state index contributed by atoms with van der Waals surface area (Å²) < 4.78 is 0. The minimum Gasteiger partial charge on any atom is -0.382 e. The van der Waals surface area contributed by atoms with E-state index in [0.29, 0.717) is 23.7 Å². The molecule has 28 heavy (non-hydrogen) atoms. The van der Waals surface area contributed by atoms with Crippen molar-refractivity contribution in [2.24, 2.45) is 5.16 Å². The summed E-state index contributed by atoms with van der Waals surface area (Å²) >= 11 is 6.20. The van der Waals surface area contributed by atoms with Crippen LogP contribution in [0.2, 0.25) is 5.02 Å². The predicted molar refractivity (Wildman–Crippen MR) is 112 cm³/mol. The Morgan fingerprint density at radius 3 is 2.61 bits per heavy atom. The van der Waals surface area contributed by atoms with Gasteiger partial charge in [-0.3, -0.25) is 4.79 Å². The lowest BCUT2D eigenvalue weighted by molar-refractivity contribution is -0.131. The van der Waals surface area contributed by atoms with Gasteiger partial charge in [0.1, 0.15) is 0 Å². The van der Waals surface area contributed by atoms with Crippen molar-refractivity contribution in [2.75, 3.05) is 18.0 Å². The molecular weight excluding hydrogens is 374 g/mol. The molecule has 0 saturated carbocycles. The molecule has 0 aromatic heterocycles. The van der Waals surface area contributed by atoms with Gasteiger partial charge in [-0.05, 0) is 43.0 Å². The van der Waals surface area contributed by atoms with Crippen LogP contribution in [0.4, 0.5) is 5.69 Å². The second-order valence-corrected chi connectivity index (χ2v) is 7.66. The van der Waals surface area contributed by atoms with Crippen LogP contribution in [0.25, 0.3) is 0 Å². The van der Waals surface area contributed by atoms with E-state index in [1.807, 2.05) is 18.2 Å². The lowest BCUT2D eigenvalue weighted by atomic mass is 10.0. The van der Waals surface area contributed by atoms with E-state index in [1.54, 1.807) is 6.07 Å². The van der Waals surface area contributed by atoms with Gasteiger partial charge in [0.2, 0.25) is 6.10 Å². The van der Waals surface area contributed by atoms with Gasteiger partial charge in [-0.2, -0.15) is 0 Å². The highest BCUT2D eigenvalue weighted by Gasteiger charge is 2.29. The van der Waals surface area contributed by atoms with Gasteiger partial charge in [0.15, 0.2) is 0 Å². The number of amides is 1. The smallest absolute Gasteiger partial charge is 0.264 e. The van der Waals surface area contributed by atoms with Gasteiger partial charge in [-0.15, -0.1) is 0 Å². The first kappa shape index (κ1) is 18.8. The molecule has 5 nitrogen and oxygen atoms in total. The fourth-order valence-electron chi connectivity index (χ4n) is 3.65. The van der Waals surface area contributed by atoms with E-state index in [1.165, 1.54) is 24.9 Å². The van der Waals surface area contributed by atoms with Crippen molar-refractivity contribution in [3.05, 3.63) is 64.7 Å². The van der Waals surface area contributed by atoms with Crippen molar-refractivity contribution in [3.8, 4) is 0 Å².